The van der Waals surface area contributed by atoms with E-state index in [1.165, 1.54) is 13.8 Å². The topological polar surface area (TPSA) is 72.6 Å². The second-order valence-corrected chi connectivity index (χ2v) is 4.28. The molecular formula is C11H14FNO4. The first-order valence-corrected chi connectivity index (χ1v) is 5.05. The fraction of sp³-hybridized carbons (Fsp3) is 0.455. The zero-order valence-corrected chi connectivity index (χ0v) is 9.81. The number of halogens is 1. The van der Waals surface area contributed by atoms with Gasteiger partial charge in [-0.15, -0.1) is 0 Å². The first-order valence-electron chi connectivity index (χ1n) is 5.05. The highest BCUT2D eigenvalue weighted by Gasteiger charge is 2.27. The Morgan fingerprint density at radius 1 is 1.53 bits per heavy atom. The lowest BCUT2D eigenvalue weighted by Gasteiger charge is -2.26. The Bertz CT molecular complexity index is 428. The average Bonchev–Trinajstić information content (AvgIpc) is 2.15. The van der Waals surface area contributed by atoms with Gasteiger partial charge in [0.05, 0.1) is 10.5 Å². The van der Waals surface area contributed by atoms with E-state index >= 15 is 0 Å². The maximum atomic E-state index is 13.0. The van der Waals surface area contributed by atoms with E-state index in [-0.39, 0.29) is 11.4 Å². The van der Waals surface area contributed by atoms with Crippen LogP contribution in [-0.2, 0) is 0 Å². The summed E-state index contributed by atoms with van der Waals surface area (Å²) in [6.07, 6.45) is -0.706. The number of aliphatic hydroxyl groups is 1. The van der Waals surface area contributed by atoms with Crippen LogP contribution < -0.4 is 4.74 Å². The molecule has 0 aliphatic rings. The first kappa shape index (κ1) is 13.4. The number of hydrogen-bond donors (Lipinski definition) is 1. The van der Waals surface area contributed by atoms with Gasteiger partial charge in [0.15, 0.2) is 5.75 Å². The smallest absolute Gasteiger partial charge is 0.311 e. The van der Waals surface area contributed by atoms with E-state index in [9.17, 15) is 19.6 Å². The Morgan fingerprint density at radius 2 is 2.12 bits per heavy atom. The molecule has 0 aliphatic heterocycles. The largest absolute Gasteiger partial charge is 0.481 e. The van der Waals surface area contributed by atoms with Crippen LogP contribution in [0.4, 0.5) is 10.1 Å². The number of ether oxygens (including phenoxy) is 1. The van der Waals surface area contributed by atoms with Gasteiger partial charge in [-0.1, -0.05) is 0 Å². The van der Waals surface area contributed by atoms with Crippen molar-refractivity contribution >= 4 is 5.69 Å². The number of benzene rings is 1. The van der Waals surface area contributed by atoms with Crippen molar-refractivity contribution in [3.63, 3.8) is 0 Å². The molecule has 17 heavy (non-hydrogen) atoms. The van der Waals surface area contributed by atoms with E-state index in [1.807, 2.05) is 0 Å². The summed E-state index contributed by atoms with van der Waals surface area (Å²) in [6, 6.07) is 2.95. The standard InChI is InChI=1S/C11H14FNO4/c1-7(11(2,3)14)17-10-6-8(12)4-5-9(10)13(15)16/h4-7,14H,1-3H3. The van der Waals surface area contributed by atoms with Crippen molar-refractivity contribution in [1.29, 1.82) is 0 Å². The highest BCUT2D eigenvalue weighted by Crippen LogP contribution is 2.29. The molecule has 0 radical (unpaired) electrons. The van der Waals surface area contributed by atoms with Crippen LogP contribution in [0.1, 0.15) is 20.8 Å². The van der Waals surface area contributed by atoms with Gasteiger partial charge in [-0.2, -0.15) is 0 Å². The van der Waals surface area contributed by atoms with Crippen LogP contribution in [0, 0.1) is 15.9 Å². The zero-order valence-electron chi connectivity index (χ0n) is 9.81. The molecule has 0 aliphatic carbocycles. The Morgan fingerprint density at radius 3 is 2.59 bits per heavy atom. The van der Waals surface area contributed by atoms with Crippen LogP contribution in [0.3, 0.4) is 0 Å². The van der Waals surface area contributed by atoms with Gasteiger partial charge in [0.25, 0.3) is 0 Å². The Hall–Kier alpha value is -1.69. The summed E-state index contributed by atoms with van der Waals surface area (Å²) in [5.41, 5.74) is -1.51. The van der Waals surface area contributed by atoms with Gasteiger partial charge in [0.2, 0.25) is 0 Å². The normalized spacial score (nSPS) is 13.2. The van der Waals surface area contributed by atoms with Gasteiger partial charge >= 0.3 is 5.69 Å². The van der Waals surface area contributed by atoms with Gasteiger partial charge in [0, 0.05) is 12.1 Å². The first-order chi connectivity index (χ1) is 7.71. The number of nitrogens with zero attached hydrogens (tertiary/aromatic N) is 1. The summed E-state index contributed by atoms with van der Waals surface area (Å²) in [5.74, 6) is -0.821. The molecule has 1 aromatic carbocycles. The molecule has 0 heterocycles. The van der Waals surface area contributed by atoms with Crippen molar-refractivity contribution in [1.82, 2.24) is 0 Å². The van der Waals surface area contributed by atoms with Gasteiger partial charge < -0.3 is 9.84 Å². The van der Waals surface area contributed by atoms with Crippen LogP contribution >= 0.6 is 0 Å². The molecule has 0 saturated heterocycles. The lowest BCUT2D eigenvalue weighted by Crippen LogP contribution is -2.38. The molecule has 0 spiro atoms. The molecule has 0 amide bonds. The molecule has 0 bridgehead atoms. The summed E-state index contributed by atoms with van der Waals surface area (Å²) >= 11 is 0. The molecule has 94 valence electrons. The molecule has 0 aromatic heterocycles. The van der Waals surface area contributed by atoms with Crippen molar-refractivity contribution < 1.29 is 19.2 Å². The van der Waals surface area contributed by atoms with E-state index < -0.39 is 22.4 Å². The summed E-state index contributed by atoms with van der Waals surface area (Å²) < 4.78 is 18.2. The summed E-state index contributed by atoms with van der Waals surface area (Å²) in [4.78, 5) is 10.0. The second-order valence-electron chi connectivity index (χ2n) is 4.28. The van der Waals surface area contributed by atoms with Gasteiger partial charge in [-0.25, -0.2) is 4.39 Å². The van der Waals surface area contributed by atoms with E-state index in [1.54, 1.807) is 6.92 Å². The molecule has 1 unspecified atom stereocenters. The van der Waals surface area contributed by atoms with Crippen LogP contribution in [0.25, 0.3) is 0 Å². The number of rotatable bonds is 4. The summed E-state index contributed by atoms with van der Waals surface area (Å²) in [6.45, 7) is 4.56. The van der Waals surface area contributed by atoms with Crippen LogP contribution in [0.15, 0.2) is 18.2 Å². The predicted molar refractivity (Wildman–Crippen MR) is 59.4 cm³/mol. The SMILES string of the molecule is CC(Oc1cc(F)ccc1[N+](=O)[O-])C(C)(C)O. The lowest BCUT2D eigenvalue weighted by molar-refractivity contribution is -0.386. The monoisotopic (exact) mass is 243 g/mol. The molecule has 1 rings (SSSR count). The minimum Gasteiger partial charge on any atom is -0.481 e. The van der Waals surface area contributed by atoms with Crippen LogP contribution in [-0.4, -0.2) is 21.7 Å². The minimum atomic E-state index is -1.18. The van der Waals surface area contributed by atoms with E-state index in [4.69, 9.17) is 4.74 Å². The fourth-order valence-corrected chi connectivity index (χ4v) is 1.07. The minimum absolute atomic E-state index is 0.190. The highest BCUT2D eigenvalue weighted by atomic mass is 19.1. The molecular weight excluding hydrogens is 229 g/mol. The average molecular weight is 243 g/mol. The third kappa shape index (κ3) is 3.39. The quantitative estimate of drug-likeness (QED) is 0.650. The van der Waals surface area contributed by atoms with Crippen LogP contribution in [0.2, 0.25) is 0 Å². The Labute approximate surface area is 98.0 Å². The maximum Gasteiger partial charge on any atom is 0.311 e. The molecule has 1 aromatic rings. The second kappa shape index (κ2) is 4.67. The molecule has 1 atom stereocenters. The zero-order chi connectivity index (χ0) is 13.2. The molecule has 0 fully saturated rings. The van der Waals surface area contributed by atoms with E-state index in [0.717, 1.165) is 18.2 Å². The van der Waals surface area contributed by atoms with E-state index in [2.05, 4.69) is 0 Å². The van der Waals surface area contributed by atoms with Crippen molar-refractivity contribution in [3.05, 3.63) is 34.1 Å². The van der Waals surface area contributed by atoms with Crippen LogP contribution in [0.5, 0.6) is 5.75 Å². The van der Waals surface area contributed by atoms with Gasteiger partial charge in [0.1, 0.15) is 11.9 Å². The third-order valence-electron chi connectivity index (χ3n) is 2.42. The Kier molecular flexibility index (Phi) is 3.67. The Balaban J connectivity index is 3.04. The van der Waals surface area contributed by atoms with Gasteiger partial charge in [-0.05, 0) is 26.8 Å². The fourth-order valence-electron chi connectivity index (χ4n) is 1.07. The number of nitro groups is 1. The molecule has 0 saturated carbocycles. The summed E-state index contributed by atoms with van der Waals surface area (Å²) in [5, 5.41) is 20.4. The lowest BCUT2D eigenvalue weighted by atomic mass is 10.0. The van der Waals surface area contributed by atoms with Gasteiger partial charge in [-0.3, -0.25) is 10.1 Å². The predicted octanol–water partition coefficient (Wildman–Crippen LogP) is 2.27. The number of hydrogen-bond acceptors (Lipinski definition) is 4. The molecule has 1 N–H and O–H groups in total. The van der Waals surface area contributed by atoms with Crippen molar-refractivity contribution in [2.75, 3.05) is 0 Å². The summed E-state index contributed by atoms with van der Waals surface area (Å²) in [7, 11) is 0. The van der Waals surface area contributed by atoms with Crippen molar-refractivity contribution in [2.24, 2.45) is 0 Å². The molecule has 5 nitrogen and oxygen atoms in total. The highest BCUT2D eigenvalue weighted by molar-refractivity contribution is 5.46. The molecule has 6 heteroatoms. The van der Waals surface area contributed by atoms with Crippen molar-refractivity contribution in [3.8, 4) is 5.75 Å². The third-order valence-corrected chi connectivity index (χ3v) is 2.42. The van der Waals surface area contributed by atoms with E-state index in [0.29, 0.717) is 0 Å². The van der Waals surface area contributed by atoms with Crippen molar-refractivity contribution in [2.45, 2.75) is 32.5 Å². The maximum absolute atomic E-state index is 13.0. The number of nitro benzene ring substituents is 1.